The Morgan fingerprint density at radius 1 is 1.06 bits per heavy atom. The summed E-state index contributed by atoms with van der Waals surface area (Å²) < 4.78 is 10.7. The molecular weight excluding hydrogens is 424 g/mol. The van der Waals surface area contributed by atoms with Crippen LogP contribution in [0.1, 0.15) is 36.3 Å². The van der Waals surface area contributed by atoms with Crippen LogP contribution in [0.5, 0.6) is 0 Å². The summed E-state index contributed by atoms with van der Waals surface area (Å²) in [7, 11) is 1.44. The fourth-order valence-corrected chi connectivity index (χ4v) is 4.40. The van der Waals surface area contributed by atoms with E-state index in [9.17, 15) is 14.4 Å². The Morgan fingerprint density at radius 3 is 2.21 bits per heavy atom. The van der Waals surface area contributed by atoms with Gasteiger partial charge in [-0.15, -0.1) is 0 Å². The van der Waals surface area contributed by atoms with Crippen molar-refractivity contribution in [3.8, 4) is 11.1 Å². The van der Waals surface area contributed by atoms with Crippen LogP contribution in [0.25, 0.3) is 11.1 Å². The van der Waals surface area contributed by atoms with Crippen molar-refractivity contribution in [1.29, 1.82) is 0 Å². The van der Waals surface area contributed by atoms with Crippen LogP contribution in [0.4, 0.5) is 4.79 Å². The van der Waals surface area contributed by atoms with E-state index < -0.39 is 18.1 Å². The van der Waals surface area contributed by atoms with E-state index >= 15 is 0 Å². The van der Waals surface area contributed by atoms with Gasteiger partial charge < -0.3 is 24.8 Å². The molecule has 33 heavy (non-hydrogen) atoms. The van der Waals surface area contributed by atoms with E-state index in [0.717, 1.165) is 35.1 Å². The van der Waals surface area contributed by atoms with Crippen LogP contribution in [0, 0.1) is 0 Å². The predicted octanol–water partition coefficient (Wildman–Crippen LogP) is 3.01. The first kappa shape index (κ1) is 22.8. The van der Waals surface area contributed by atoms with Gasteiger partial charge in [0, 0.05) is 25.6 Å². The van der Waals surface area contributed by atoms with Gasteiger partial charge in [0.05, 0.1) is 13.0 Å². The number of ether oxygens (including phenoxy) is 2. The average molecular weight is 453 g/mol. The monoisotopic (exact) mass is 452 g/mol. The Balaban J connectivity index is 1.40. The molecule has 2 aromatic carbocycles. The summed E-state index contributed by atoms with van der Waals surface area (Å²) in [5.74, 6) is -1.41. The van der Waals surface area contributed by atoms with Gasteiger partial charge in [0.1, 0.15) is 12.6 Å². The fourth-order valence-electron chi connectivity index (χ4n) is 4.40. The lowest BCUT2D eigenvalue weighted by atomic mass is 9.98. The Labute approximate surface area is 192 Å². The topological polar surface area (TPSA) is 105 Å². The van der Waals surface area contributed by atoms with Crippen molar-refractivity contribution in [1.82, 2.24) is 10.2 Å². The van der Waals surface area contributed by atoms with Crippen molar-refractivity contribution in [2.75, 3.05) is 26.9 Å². The number of benzene rings is 2. The summed E-state index contributed by atoms with van der Waals surface area (Å²) in [6.07, 6.45) is 0.806. The van der Waals surface area contributed by atoms with Crippen LogP contribution in [0.3, 0.4) is 0 Å². The maximum Gasteiger partial charge on any atom is 0.407 e. The molecule has 2 aliphatic carbocycles. The molecule has 8 heteroatoms. The van der Waals surface area contributed by atoms with Crippen molar-refractivity contribution in [2.45, 2.75) is 37.3 Å². The van der Waals surface area contributed by atoms with E-state index in [0.29, 0.717) is 0 Å². The highest BCUT2D eigenvalue weighted by atomic mass is 16.5. The Morgan fingerprint density at radius 2 is 1.67 bits per heavy atom. The van der Waals surface area contributed by atoms with Gasteiger partial charge in [-0.3, -0.25) is 9.59 Å². The number of rotatable bonds is 10. The number of carboxylic acid groups (broad SMARTS) is 1. The molecule has 2 amide bonds. The molecule has 0 heterocycles. The highest BCUT2D eigenvalue weighted by molar-refractivity contribution is 5.87. The normalized spacial score (nSPS) is 15.3. The molecule has 0 aromatic heterocycles. The standard InChI is InChI=1S/C25H28N2O6/c1-32-15-22(24(30)27(16-10-11-16)13-12-23(28)29)26-25(31)33-14-21-19-8-4-2-6-17(19)18-7-3-5-9-20(18)21/h2-9,16,21-22H,10-15H2,1H3,(H,26,31)(H,28,29)/t22-/m0/s1. The smallest absolute Gasteiger partial charge is 0.407 e. The molecule has 0 unspecified atom stereocenters. The summed E-state index contributed by atoms with van der Waals surface area (Å²) in [6, 6.07) is 15.2. The van der Waals surface area contributed by atoms with E-state index in [2.05, 4.69) is 17.4 Å². The second-order valence-electron chi connectivity index (χ2n) is 8.38. The van der Waals surface area contributed by atoms with Crippen LogP contribution in [0.2, 0.25) is 0 Å². The van der Waals surface area contributed by atoms with Gasteiger partial charge in [0.15, 0.2) is 0 Å². The maximum absolute atomic E-state index is 13.0. The number of hydrogen-bond donors (Lipinski definition) is 2. The molecule has 174 valence electrons. The third-order valence-corrected chi connectivity index (χ3v) is 6.10. The second-order valence-corrected chi connectivity index (χ2v) is 8.38. The first-order valence-electron chi connectivity index (χ1n) is 11.1. The van der Waals surface area contributed by atoms with Crippen LogP contribution < -0.4 is 5.32 Å². The zero-order valence-electron chi connectivity index (χ0n) is 18.5. The largest absolute Gasteiger partial charge is 0.481 e. The van der Waals surface area contributed by atoms with E-state index in [-0.39, 0.29) is 44.0 Å². The number of methoxy groups -OCH3 is 1. The van der Waals surface area contributed by atoms with Crippen molar-refractivity contribution < 1.29 is 29.0 Å². The Bertz CT molecular complexity index is 990. The molecule has 0 saturated heterocycles. The van der Waals surface area contributed by atoms with Crippen molar-refractivity contribution in [3.63, 3.8) is 0 Å². The molecule has 0 aliphatic heterocycles. The second kappa shape index (κ2) is 10.0. The lowest BCUT2D eigenvalue weighted by molar-refractivity contribution is -0.139. The van der Waals surface area contributed by atoms with Gasteiger partial charge in [0.2, 0.25) is 5.91 Å². The minimum Gasteiger partial charge on any atom is -0.481 e. The molecule has 8 nitrogen and oxygen atoms in total. The van der Waals surface area contributed by atoms with Gasteiger partial charge in [0.25, 0.3) is 0 Å². The number of nitrogens with zero attached hydrogens (tertiary/aromatic N) is 1. The summed E-state index contributed by atoms with van der Waals surface area (Å²) in [5.41, 5.74) is 4.47. The number of fused-ring (bicyclic) bond motifs is 3. The van der Waals surface area contributed by atoms with Gasteiger partial charge in [-0.2, -0.15) is 0 Å². The van der Waals surface area contributed by atoms with Gasteiger partial charge in [-0.25, -0.2) is 4.79 Å². The SMILES string of the molecule is COC[C@H](NC(=O)OCC1c2ccccc2-c2ccccc21)C(=O)N(CCC(=O)O)C1CC1. The molecule has 1 saturated carbocycles. The van der Waals surface area contributed by atoms with Crippen LogP contribution in [0.15, 0.2) is 48.5 Å². The lowest BCUT2D eigenvalue weighted by Gasteiger charge is -2.27. The first-order valence-corrected chi connectivity index (χ1v) is 11.1. The van der Waals surface area contributed by atoms with Crippen molar-refractivity contribution in [3.05, 3.63) is 59.7 Å². The summed E-state index contributed by atoms with van der Waals surface area (Å²) in [6.45, 7) is 0.212. The number of carbonyl (C=O) groups excluding carboxylic acids is 2. The van der Waals surface area contributed by atoms with Crippen molar-refractivity contribution >= 4 is 18.0 Å². The zero-order valence-corrected chi connectivity index (χ0v) is 18.5. The quantitative estimate of drug-likeness (QED) is 0.574. The fraction of sp³-hybridized carbons (Fsp3) is 0.400. The predicted molar refractivity (Wildman–Crippen MR) is 121 cm³/mol. The number of hydrogen-bond acceptors (Lipinski definition) is 5. The summed E-state index contributed by atoms with van der Waals surface area (Å²) >= 11 is 0. The molecule has 4 rings (SSSR count). The molecule has 0 radical (unpaired) electrons. The number of alkyl carbamates (subject to hydrolysis) is 1. The molecule has 2 aliphatic rings. The molecular formula is C25H28N2O6. The third-order valence-electron chi connectivity index (χ3n) is 6.10. The van der Waals surface area contributed by atoms with E-state index in [1.165, 1.54) is 12.0 Å². The van der Waals surface area contributed by atoms with Crippen molar-refractivity contribution in [2.24, 2.45) is 0 Å². The molecule has 2 N–H and O–H groups in total. The zero-order chi connectivity index (χ0) is 23.4. The van der Waals surface area contributed by atoms with Crippen LogP contribution >= 0.6 is 0 Å². The number of carbonyl (C=O) groups is 3. The highest BCUT2D eigenvalue weighted by Crippen LogP contribution is 2.44. The molecule has 2 aromatic rings. The van der Waals surface area contributed by atoms with Crippen LogP contribution in [-0.4, -0.2) is 66.9 Å². The Hall–Kier alpha value is -3.39. The number of nitrogens with one attached hydrogen (secondary N) is 1. The van der Waals surface area contributed by atoms with E-state index in [1.54, 1.807) is 0 Å². The number of amides is 2. The molecule has 0 bridgehead atoms. The van der Waals surface area contributed by atoms with Crippen LogP contribution in [-0.2, 0) is 19.1 Å². The maximum atomic E-state index is 13.0. The average Bonchev–Trinajstić information content (AvgIpc) is 3.59. The minimum atomic E-state index is -0.971. The third kappa shape index (κ3) is 5.17. The number of carboxylic acids is 1. The summed E-state index contributed by atoms with van der Waals surface area (Å²) in [4.78, 5) is 38.2. The summed E-state index contributed by atoms with van der Waals surface area (Å²) in [5, 5.41) is 11.6. The Kier molecular flexibility index (Phi) is 6.93. The molecule has 1 atom stereocenters. The first-order chi connectivity index (χ1) is 16.0. The highest BCUT2D eigenvalue weighted by Gasteiger charge is 2.37. The van der Waals surface area contributed by atoms with Gasteiger partial charge in [-0.1, -0.05) is 48.5 Å². The van der Waals surface area contributed by atoms with E-state index in [4.69, 9.17) is 14.6 Å². The lowest BCUT2D eigenvalue weighted by Crippen LogP contribution is -2.52. The molecule has 1 fully saturated rings. The van der Waals surface area contributed by atoms with E-state index in [1.807, 2.05) is 36.4 Å². The minimum absolute atomic E-state index is 0.0144. The number of aliphatic carboxylic acids is 1. The van der Waals surface area contributed by atoms with Gasteiger partial charge in [-0.05, 0) is 35.1 Å². The molecule has 0 spiro atoms. The van der Waals surface area contributed by atoms with Gasteiger partial charge >= 0.3 is 12.1 Å².